The monoisotopic (exact) mass is 282 g/mol. The smallest absolute Gasteiger partial charge is 0.162 e. The SMILES string of the molecule is CC(C)CCS(=O)(=O)CCCC(=O)c1ccccc1. The second-order valence-electron chi connectivity index (χ2n) is 5.23. The molecule has 0 fully saturated rings. The Morgan fingerprint density at radius 1 is 1.11 bits per heavy atom. The third-order valence-electron chi connectivity index (χ3n) is 2.96. The van der Waals surface area contributed by atoms with E-state index >= 15 is 0 Å². The second-order valence-corrected chi connectivity index (χ2v) is 7.53. The van der Waals surface area contributed by atoms with Gasteiger partial charge in [-0.25, -0.2) is 8.42 Å². The minimum Gasteiger partial charge on any atom is -0.294 e. The van der Waals surface area contributed by atoms with Crippen LogP contribution in [0, 0.1) is 5.92 Å². The van der Waals surface area contributed by atoms with Gasteiger partial charge >= 0.3 is 0 Å². The van der Waals surface area contributed by atoms with Gasteiger partial charge in [0, 0.05) is 12.0 Å². The summed E-state index contributed by atoms with van der Waals surface area (Å²) in [5, 5.41) is 0. The topological polar surface area (TPSA) is 51.2 Å². The van der Waals surface area contributed by atoms with Crippen molar-refractivity contribution in [2.24, 2.45) is 5.92 Å². The Hall–Kier alpha value is -1.16. The van der Waals surface area contributed by atoms with Crippen molar-refractivity contribution in [3.63, 3.8) is 0 Å². The largest absolute Gasteiger partial charge is 0.294 e. The average molecular weight is 282 g/mol. The van der Waals surface area contributed by atoms with Gasteiger partial charge in [0.25, 0.3) is 0 Å². The molecule has 1 aromatic rings. The first-order chi connectivity index (χ1) is 8.91. The van der Waals surface area contributed by atoms with Crippen molar-refractivity contribution < 1.29 is 13.2 Å². The van der Waals surface area contributed by atoms with Crippen molar-refractivity contribution >= 4 is 15.6 Å². The molecule has 3 nitrogen and oxygen atoms in total. The van der Waals surface area contributed by atoms with Gasteiger partial charge in [0.1, 0.15) is 9.84 Å². The fourth-order valence-electron chi connectivity index (χ4n) is 1.74. The number of hydrogen-bond donors (Lipinski definition) is 0. The second kappa shape index (κ2) is 7.43. The summed E-state index contributed by atoms with van der Waals surface area (Å²) in [6.07, 6.45) is 1.40. The van der Waals surface area contributed by atoms with Gasteiger partial charge < -0.3 is 0 Å². The number of benzene rings is 1. The zero-order valence-corrected chi connectivity index (χ0v) is 12.4. The molecule has 0 N–H and O–H groups in total. The molecule has 1 aromatic carbocycles. The molecule has 0 aromatic heterocycles. The van der Waals surface area contributed by atoms with Gasteiger partial charge in [-0.1, -0.05) is 44.2 Å². The highest BCUT2D eigenvalue weighted by atomic mass is 32.2. The highest BCUT2D eigenvalue weighted by Crippen LogP contribution is 2.09. The van der Waals surface area contributed by atoms with Gasteiger partial charge in [-0.3, -0.25) is 4.79 Å². The van der Waals surface area contributed by atoms with Crippen LogP contribution >= 0.6 is 0 Å². The van der Waals surface area contributed by atoms with Crippen molar-refractivity contribution in [3.8, 4) is 0 Å². The van der Waals surface area contributed by atoms with E-state index in [0.717, 1.165) is 0 Å². The zero-order chi connectivity index (χ0) is 14.3. The van der Waals surface area contributed by atoms with Crippen molar-refractivity contribution in [2.75, 3.05) is 11.5 Å². The molecule has 0 bridgehead atoms. The van der Waals surface area contributed by atoms with E-state index in [1.807, 2.05) is 32.0 Å². The number of carbonyl (C=O) groups excluding carboxylic acids is 1. The average Bonchev–Trinajstić information content (AvgIpc) is 2.37. The Morgan fingerprint density at radius 3 is 2.32 bits per heavy atom. The molecule has 0 radical (unpaired) electrons. The maximum absolute atomic E-state index is 11.8. The summed E-state index contributed by atoms with van der Waals surface area (Å²) >= 11 is 0. The quantitative estimate of drug-likeness (QED) is 0.688. The van der Waals surface area contributed by atoms with E-state index < -0.39 is 9.84 Å². The first-order valence-corrected chi connectivity index (χ1v) is 8.51. The van der Waals surface area contributed by atoms with Crippen molar-refractivity contribution in [1.29, 1.82) is 0 Å². The van der Waals surface area contributed by atoms with Gasteiger partial charge in [-0.2, -0.15) is 0 Å². The number of sulfone groups is 1. The minimum atomic E-state index is -3.01. The van der Waals surface area contributed by atoms with Gasteiger partial charge in [0.05, 0.1) is 11.5 Å². The fraction of sp³-hybridized carbons (Fsp3) is 0.533. The highest BCUT2D eigenvalue weighted by molar-refractivity contribution is 7.91. The summed E-state index contributed by atoms with van der Waals surface area (Å²) in [5.74, 6) is 0.739. The van der Waals surface area contributed by atoms with E-state index in [-0.39, 0.29) is 17.3 Å². The molecule has 0 heterocycles. The molecule has 0 aliphatic heterocycles. The van der Waals surface area contributed by atoms with Crippen LogP contribution in [0.1, 0.15) is 43.5 Å². The molecule has 1 rings (SSSR count). The fourth-order valence-corrected chi connectivity index (χ4v) is 3.36. The van der Waals surface area contributed by atoms with Crippen molar-refractivity contribution in [3.05, 3.63) is 35.9 Å². The molecule has 0 amide bonds. The molecule has 0 unspecified atom stereocenters. The first-order valence-electron chi connectivity index (χ1n) is 6.69. The molecule has 0 aliphatic carbocycles. The van der Waals surface area contributed by atoms with E-state index in [1.165, 1.54) is 0 Å². The standard InChI is InChI=1S/C15H22O3S/c1-13(2)10-12-19(17,18)11-6-9-15(16)14-7-4-3-5-8-14/h3-5,7-8,13H,6,9-12H2,1-2H3. The van der Waals surface area contributed by atoms with E-state index in [0.29, 0.717) is 30.7 Å². The Bertz CT molecular complexity index is 489. The van der Waals surface area contributed by atoms with Crippen LogP contribution in [-0.4, -0.2) is 25.7 Å². The van der Waals surface area contributed by atoms with E-state index in [2.05, 4.69) is 0 Å². The van der Waals surface area contributed by atoms with E-state index in [4.69, 9.17) is 0 Å². The van der Waals surface area contributed by atoms with E-state index in [9.17, 15) is 13.2 Å². The molecule has 0 aliphatic rings. The summed E-state index contributed by atoms with van der Waals surface area (Å²) in [4.78, 5) is 11.8. The lowest BCUT2D eigenvalue weighted by Gasteiger charge is -2.06. The van der Waals surface area contributed by atoms with E-state index in [1.54, 1.807) is 12.1 Å². The molecule has 0 saturated heterocycles. The molecule has 19 heavy (non-hydrogen) atoms. The third kappa shape index (κ3) is 6.53. The summed E-state index contributed by atoms with van der Waals surface area (Å²) in [7, 11) is -3.01. The Morgan fingerprint density at radius 2 is 1.74 bits per heavy atom. The van der Waals surface area contributed by atoms with Gasteiger partial charge in [0.2, 0.25) is 0 Å². The van der Waals surface area contributed by atoms with Crippen molar-refractivity contribution in [1.82, 2.24) is 0 Å². The summed E-state index contributed by atoms with van der Waals surface area (Å²) in [5.41, 5.74) is 0.655. The number of carbonyl (C=O) groups is 1. The third-order valence-corrected chi connectivity index (χ3v) is 4.73. The Balaban J connectivity index is 2.36. The van der Waals surface area contributed by atoms with Crippen LogP contribution in [0.5, 0.6) is 0 Å². The minimum absolute atomic E-state index is 0.0136. The highest BCUT2D eigenvalue weighted by Gasteiger charge is 2.13. The number of hydrogen-bond acceptors (Lipinski definition) is 3. The molecular weight excluding hydrogens is 260 g/mol. The molecule has 106 valence electrons. The van der Waals surface area contributed by atoms with Crippen LogP contribution in [-0.2, 0) is 9.84 Å². The lowest BCUT2D eigenvalue weighted by molar-refractivity contribution is 0.0982. The lowest BCUT2D eigenvalue weighted by atomic mass is 10.1. The van der Waals surface area contributed by atoms with Crippen molar-refractivity contribution in [2.45, 2.75) is 33.1 Å². The first kappa shape index (κ1) is 15.9. The predicted molar refractivity (Wildman–Crippen MR) is 78.1 cm³/mol. The predicted octanol–water partition coefficient (Wildman–Crippen LogP) is 3.11. The molecular formula is C15H22O3S. The Labute approximate surface area is 116 Å². The van der Waals surface area contributed by atoms with Crippen LogP contribution in [0.15, 0.2) is 30.3 Å². The molecule has 0 spiro atoms. The summed E-state index contributed by atoms with van der Waals surface area (Å²) in [6.45, 7) is 4.02. The number of ketones is 1. The number of rotatable bonds is 8. The number of Topliss-reactive ketones (excluding diaryl/α,β-unsaturated/α-hetero) is 1. The zero-order valence-electron chi connectivity index (χ0n) is 11.6. The summed E-state index contributed by atoms with van der Waals surface area (Å²) < 4.78 is 23.5. The Kier molecular flexibility index (Phi) is 6.22. The molecule has 0 saturated carbocycles. The van der Waals surface area contributed by atoms with Crippen LogP contribution in [0.3, 0.4) is 0 Å². The van der Waals surface area contributed by atoms with Crippen LogP contribution < -0.4 is 0 Å². The van der Waals surface area contributed by atoms with Gasteiger partial charge in [-0.05, 0) is 18.8 Å². The van der Waals surface area contributed by atoms with Crippen LogP contribution in [0.25, 0.3) is 0 Å². The van der Waals surface area contributed by atoms with Crippen LogP contribution in [0.4, 0.5) is 0 Å². The van der Waals surface area contributed by atoms with Gasteiger partial charge in [-0.15, -0.1) is 0 Å². The maximum Gasteiger partial charge on any atom is 0.162 e. The molecule has 4 heteroatoms. The molecule has 0 atom stereocenters. The maximum atomic E-state index is 11.8. The summed E-state index contributed by atoms with van der Waals surface area (Å²) in [6, 6.07) is 9.00. The van der Waals surface area contributed by atoms with Gasteiger partial charge in [0.15, 0.2) is 5.78 Å². The van der Waals surface area contributed by atoms with Crippen LogP contribution in [0.2, 0.25) is 0 Å². The normalized spacial score (nSPS) is 11.7. The lowest BCUT2D eigenvalue weighted by Crippen LogP contribution is -2.14.